The molecule has 2 aromatic rings. The monoisotopic (exact) mass is 378 g/mol. The van der Waals surface area contributed by atoms with Crippen LogP contribution >= 0.6 is 0 Å². The third-order valence-electron chi connectivity index (χ3n) is 4.73. The molecule has 3 nitrogen and oxygen atoms in total. The Balaban J connectivity index is 2.01. The predicted molar refractivity (Wildman–Crippen MR) is 99.3 cm³/mol. The van der Waals surface area contributed by atoms with E-state index in [1.165, 1.54) is 12.1 Å². The molecule has 0 fully saturated rings. The summed E-state index contributed by atoms with van der Waals surface area (Å²) in [5.41, 5.74) is 0.497. The standard InChI is InChI=1S/C21H25F3N2O/c1-14(2)18(16-7-6-10-25-12-16)13-26-20(27)11-15(3)17-8-4-5-9-19(17)21(22,23)24/h4-10,12,14-15,18H,11,13H2,1-3H3,(H,26,27)/t15-,18-/m0/s1. The SMILES string of the molecule is CC(C)[C@H](CNC(=O)C[C@H](C)c1ccccc1C(F)(F)F)c1cccnc1. The topological polar surface area (TPSA) is 42.0 Å². The fraction of sp³-hybridized carbons (Fsp3) is 0.429. The summed E-state index contributed by atoms with van der Waals surface area (Å²) >= 11 is 0. The first kappa shape index (κ1) is 20.9. The highest BCUT2D eigenvalue weighted by molar-refractivity contribution is 5.77. The summed E-state index contributed by atoms with van der Waals surface area (Å²) in [6, 6.07) is 9.24. The summed E-state index contributed by atoms with van der Waals surface area (Å²) in [6.07, 6.45) is -0.951. The number of nitrogens with zero attached hydrogens (tertiary/aromatic N) is 1. The van der Waals surface area contributed by atoms with Gasteiger partial charge >= 0.3 is 6.18 Å². The van der Waals surface area contributed by atoms with Crippen molar-refractivity contribution in [2.45, 2.75) is 45.2 Å². The van der Waals surface area contributed by atoms with Crippen molar-refractivity contribution in [1.29, 1.82) is 0 Å². The first-order valence-corrected chi connectivity index (χ1v) is 9.03. The minimum absolute atomic E-state index is 0.00491. The third kappa shape index (κ3) is 5.81. The number of carbonyl (C=O) groups excluding carboxylic acids is 1. The van der Waals surface area contributed by atoms with E-state index in [9.17, 15) is 18.0 Å². The Kier molecular flexibility index (Phi) is 6.99. The van der Waals surface area contributed by atoms with E-state index >= 15 is 0 Å². The van der Waals surface area contributed by atoms with Gasteiger partial charge in [-0.15, -0.1) is 0 Å². The second kappa shape index (κ2) is 9.02. The second-order valence-electron chi connectivity index (χ2n) is 7.13. The summed E-state index contributed by atoms with van der Waals surface area (Å²) in [7, 11) is 0. The number of aromatic nitrogens is 1. The first-order chi connectivity index (χ1) is 12.7. The minimum atomic E-state index is -4.43. The Hall–Kier alpha value is -2.37. The maximum Gasteiger partial charge on any atom is 0.416 e. The molecule has 1 aromatic heterocycles. The molecule has 1 aromatic carbocycles. The summed E-state index contributed by atoms with van der Waals surface area (Å²) in [5.74, 6) is -0.397. The van der Waals surface area contributed by atoms with Crippen LogP contribution in [-0.2, 0) is 11.0 Å². The molecule has 27 heavy (non-hydrogen) atoms. The van der Waals surface area contributed by atoms with Gasteiger partial charge in [-0.2, -0.15) is 13.2 Å². The summed E-state index contributed by atoms with van der Waals surface area (Å²) in [4.78, 5) is 16.5. The number of nitrogens with one attached hydrogen (secondary N) is 1. The molecule has 0 radical (unpaired) electrons. The van der Waals surface area contributed by atoms with Crippen LogP contribution in [0.2, 0.25) is 0 Å². The Morgan fingerprint density at radius 1 is 1.11 bits per heavy atom. The van der Waals surface area contributed by atoms with Gasteiger partial charge in [0.1, 0.15) is 0 Å². The third-order valence-corrected chi connectivity index (χ3v) is 4.73. The molecule has 0 bridgehead atoms. The Morgan fingerprint density at radius 3 is 2.41 bits per heavy atom. The van der Waals surface area contributed by atoms with E-state index in [1.807, 2.05) is 12.1 Å². The van der Waals surface area contributed by atoms with Crippen LogP contribution in [-0.4, -0.2) is 17.4 Å². The molecule has 1 amide bonds. The molecule has 0 aliphatic heterocycles. The van der Waals surface area contributed by atoms with Gasteiger partial charge in [0.2, 0.25) is 5.91 Å². The molecule has 0 spiro atoms. The molecular weight excluding hydrogens is 353 g/mol. The van der Waals surface area contributed by atoms with Gasteiger partial charge in [-0.25, -0.2) is 0 Å². The predicted octanol–water partition coefficient (Wildman–Crippen LogP) is 5.15. The molecule has 0 saturated carbocycles. The second-order valence-corrected chi connectivity index (χ2v) is 7.13. The molecule has 2 atom stereocenters. The van der Waals surface area contributed by atoms with E-state index in [4.69, 9.17) is 0 Å². The van der Waals surface area contributed by atoms with Crippen molar-refractivity contribution in [1.82, 2.24) is 10.3 Å². The average Bonchev–Trinajstić information content (AvgIpc) is 2.61. The van der Waals surface area contributed by atoms with Gasteiger partial charge in [0.25, 0.3) is 0 Å². The highest BCUT2D eigenvalue weighted by atomic mass is 19.4. The Bertz CT molecular complexity index is 745. The Morgan fingerprint density at radius 2 is 1.81 bits per heavy atom. The lowest BCUT2D eigenvalue weighted by Crippen LogP contribution is -2.31. The largest absolute Gasteiger partial charge is 0.416 e. The van der Waals surface area contributed by atoms with Crippen molar-refractivity contribution in [3.05, 3.63) is 65.5 Å². The molecule has 0 saturated heterocycles. The highest BCUT2D eigenvalue weighted by Gasteiger charge is 2.34. The minimum Gasteiger partial charge on any atom is -0.355 e. The number of alkyl halides is 3. The van der Waals surface area contributed by atoms with Gasteiger partial charge in [-0.05, 0) is 35.1 Å². The maximum atomic E-state index is 13.2. The summed E-state index contributed by atoms with van der Waals surface area (Å²) in [5, 5.41) is 2.87. The van der Waals surface area contributed by atoms with Crippen LogP contribution in [0.1, 0.15) is 55.7 Å². The number of hydrogen-bond acceptors (Lipinski definition) is 2. The average molecular weight is 378 g/mol. The van der Waals surface area contributed by atoms with Gasteiger partial charge in [0, 0.05) is 31.3 Å². The van der Waals surface area contributed by atoms with Gasteiger partial charge in [-0.1, -0.05) is 45.0 Å². The van der Waals surface area contributed by atoms with Crippen LogP contribution in [0.15, 0.2) is 48.8 Å². The molecule has 1 N–H and O–H groups in total. The van der Waals surface area contributed by atoms with E-state index < -0.39 is 17.7 Å². The lowest BCUT2D eigenvalue weighted by Gasteiger charge is -2.22. The molecule has 146 valence electrons. The lowest BCUT2D eigenvalue weighted by molar-refractivity contribution is -0.138. The van der Waals surface area contributed by atoms with E-state index in [-0.39, 0.29) is 29.7 Å². The zero-order valence-corrected chi connectivity index (χ0v) is 15.8. The first-order valence-electron chi connectivity index (χ1n) is 9.03. The van der Waals surface area contributed by atoms with Crippen molar-refractivity contribution in [3.63, 3.8) is 0 Å². The number of amides is 1. The lowest BCUT2D eigenvalue weighted by atomic mass is 9.89. The quantitative estimate of drug-likeness (QED) is 0.724. The summed E-state index contributed by atoms with van der Waals surface area (Å²) < 4.78 is 39.5. The van der Waals surface area contributed by atoms with Crippen LogP contribution in [0.4, 0.5) is 13.2 Å². The smallest absolute Gasteiger partial charge is 0.355 e. The number of hydrogen-bond donors (Lipinski definition) is 1. The molecule has 0 aliphatic rings. The van der Waals surface area contributed by atoms with E-state index in [2.05, 4.69) is 24.1 Å². The normalized spacial score (nSPS) is 14.0. The zero-order chi connectivity index (χ0) is 20.0. The fourth-order valence-corrected chi connectivity index (χ4v) is 3.20. The molecule has 6 heteroatoms. The molecular formula is C21H25F3N2O. The number of rotatable bonds is 7. The summed E-state index contributed by atoms with van der Waals surface area (Å²) in [6.45, 7) is 6.19. The van der Waals surface area contributed by atoms with Gasteiger partial charge in [-0.3, -0.25) is 9.78 Å². The van der Waals surface area contributed by atoms with Gasteiger partial charge in [0.05, 0.1) is 5.56 Å². The van der Waals surface area contributed by atoms with Crippen molar-refractivity contribution in [2.24, 2.45) is 5.92 Å². The van der Waals surface area contributed by atoms with Gasteiger partial charge in [0.15, 0.2) is 0 Å². The van der Waals surface area contributed by atoms with Crippen LogP contribution < -0.4 is 5.32 Å². The van der Waals surface area contributed by atoms with Crippen LogP contribution in [0.5, 0.6) is 0 Å². The van der Waals surface area contributed by atoms with Crippen molar-refractivity contribution < 1.29 is 18.0 Å². The number of carbonyl (C=O) groups is 1. The van der Waals surface area contributed by atoms with Crippen molar-refractivity contribution in [3.8, 4) is 0 Å². The fourth-order valence-electron chi connectivity index (χ4n) is 3.20. The van der Waals surface area contributed by atoms with Crippen LogP contribution in [0, 0.1) is 5.92 Å². The van der Waals surface area contributed by atoms with Gasteiger partial charge < -0.3 is 5.32 Å². The van der Waals surface area contributed by atoms with E-state index in [0.717, 1.165) is 11.6 Å². The molecule has 2 rings (SSSR count). The van der Waals surface area contributed by atoms with E-state index in [0.29, 0.717) is 6.54 Å². The number of halogens is 3. The van der Waals surface area contributed by atoms with Crippen molar-refractivity contribution >= 4 is 5.91 Å². The molecule has 0 unspecified atom stereocenters. The molecule has 0 aliphatic carbocycles. The highest BCUT2D eigenvalue weighted by Crippen LogP contribution is 2.36. The molecule has 1 heterocycles. The van der Waals surface area contributed by atoms with Crippen molar-refractivity contribution in [2.75, 3.05) is 6.54 Å². The maximum absolute atomic E-state index is 13.2. The number of benzene rings is 1. The zero-order valence-electron chi connectivity index (χ0n) is 15.8. The van der Waals surface area contributed by atoms with Crippen LogP contribution in [0.3, 0.4) is 0 Å². The van der Waals surface area contributed by atoms with Crippen LogP contribution in [0.25, 0.3) is 0 Å². The Labute approximate surface area is 158 Å². The van der Waals surface area contributed by atoms with E-state index in [1.54, 1.807) is 25.4 Å². The number of pyridine rings is 1.